The standard InChI is InChI=1S/C13H19NO/c1-9-7-13(15-3)11-5-4-6-14-8-12(11)10(9)2/h7,14H,4-6,8H2,1-3H3. The molecule has 1 heterocycles. The summed E-state index contributed by atoms with van der Waals surface area (Å²) >= 11 is 0. The quantitative estimate of drug-likeness (QED) is 0.760. The van der Waals surface area contributed by atoms with Crippen LogP contribution in [0.2, 0.25) is 0 Å². The largest absolute Gasteiger partial charge is 0.496 e. The van der Waals surface area contributed by atoms with E-state index in [-0.39, 0.29) is 0 Å². The molecule has 0 fully saturated rings. The van der Waals surface area contributed by atoms with Crippen molar-refractivity contribution in [3.8, 4) is 5.75 Å². The third-order valence-electron chi connectivity index (χ3n) is 3.36. The Bertz CT molecular complexity index is 371. The molecule has 0 spiro atoms. The van der Waals surface area contributed by atoms with Crippen molar-refractivity contribution >= 4 is 0 Å². The van der Waals surface area contributed by atoms with Crippen molar-refractivity contribution in [2.24, 2.45) is 0 Å². The maximum Gasteiger partial charge on any atom is 0.122 e. The number of benzene rings is 1. The van der Waals surface area contributed by atoms with E-state index < -0.39 is 0 Å². The molecule has 1 aromatic carbocycles. The van der Waals surface area contributed by atoms with Gasteiger partial charge in [0.25, 0.3) is 0 Å². The van der Waals surface area contributed by atoms with E-state index in [9.17, 15) is 0 Å². The maximum atomic E-state index is 5.48. The second-order valence-electron chi connectivity index (χ2n) is 4.26. The maximum absolute atomic E-state index is 5.48. The van der Waals surface area contributed by atoms with Gasteiger partial charge in [-0.2, -0.15) is 0 Å². The third kappa shape index (κ3) is 1.86. The summed E-state index contributed by atoms with van der Waals surface area (Å²) in [6.45, 7) is 6.46. The molecule has 15 heavy (non-hydrogen) atoms. The van der Waals surface area contributed by atoms with Crippen molar-refractivity contribution in [3.63, 3.8) is 0 Å². The number of methoxy groups -OCH3 is 1. The summed E-state index contributed by atoms with van der Waals surface area (Å²) < 4.78 is 5.48. The molecule has 0 saturated heterocycles. The number of nitrogens with one attached hydrogen (secondary N) is 1. The fraction of sp³-hybridized carbons (Fsp3) is 0.538. The van der Waals surface area contributed by atoms with Gasteiger partial charge in [0.05, 0.1) is 7.11 Å². The van der Waals surface area contributed by atoms with Crippen LogP contribution in [0.5, 0.6) is 5.75 Å². The van der Waals surface area contributed by atoms with Gasteiger partial charge in [0.1, 0.15) is 5.75 Å². The first-order valence-corrected chi connectivity index (χ1v) is 5.60. The smallest absolute Gasteiger partial charge is 0.122 e. The van der Waals surface area contributed by atoms with E-state index in [1.165, 1.54) is 28.7 Å². The van der Waals surface area contributed by atoms with Gasteiger partial charge < -0.3 is 10.1 Å². The molecule has 82 valence electrons. The number of fused-ring (bicyclic) bond motifs is 1. The molecule has 1 aliphatic rings. The highest BCUT2D eigenvalue weighted by Crippen LogP contribution is 2.30. The number of hydrogen-bond acceptors (Lipinski definition) is 2. The number of hydrogen-bond donors (Lipinski definition) is 1. The van der Waals surface area contributed by atoms with E-state index in [2.05, 4.69) is 25.2 Å². The molecule has 1 aromatic rings. The van der Waals surface area contributed by atoms with Crippen LogP contribution in [-0.2, 0) is 13.0 Å². The summed E-state index contributed by atoms with van der Waals surface area (Å²) in [7, 11) is 1.77. The van der Waals surface area contributed by atoms with Crippen molar-refractivity contribution in [2.75, 3.05) is 13.7 Å². The van der Waals surface area contributed by atoms with Crippen LogP contribution in [0.4, 0.5) is 0 Å². The molecule has 0 aliphatic carbocycles. The Balaban J connectivity index is 2.57. The Morgan fingerprint density at radius 3 is 2.80 bits per heavy atom. The molecule has 0 atom stereocenters. The van der Waals surface area contributed by atoms with E-state index in [0.717, 1.165) is 25.3 Å². The third-order valence-corrected chi connectivity index (χ3v) is 3.36. The monoisotopic (exact) mass is 205 g/mol. The second kappa shape index (κ2) is 4.23. The Kier molecular flexibility index (Phi) is 2.96. The molecular formula is C13H19NO. The van der Waals surface area contributed by atoms with E-state index in [1.54, 1.807) is 7.11 Å². The van der Waals surface area contributed by atoms with Crippen molar-refractivity contribution in [1.29, 1.82) is 0 Å². The van der Waals surface area contributed by atoms with Gasteiger partial charge in [-0.15, -0.1) is 0 Å². The number of aryl methyl sites for hydroxylation is 1. The molecule has 0 saturated carbocycles. The lowest BCUT2D eigenvalue weighted by Gasteiger charge is -2.16. The van der Waals surface area contributed by atoms with Crippen molar-refractivity contribution in [1.82, 2.24) is 5.32 Å². The lowest BCUT2D eigenvalue weighted by Crippen LogP contribution is -2.13. The molecule has 1 N–H and O–H groups in total. The van der Waals surface area contributed by atoms with E-state index in [0.29, 0.717) is 0 Å². The predicted octanol–water partition coefficient (Wildman–Crippen LogP) is 2.35. The minimum Gasteiger partial charge on any atom is -0.496 e. The number of rotatable bonds is 1. The molecule has 0 bridgehead atoms. The van der Waals surface area contributed by atoms with Crippen LogP contribution in [0.1, 0.15) is 28.7 Å². The minimum atomic E-state index is 0.985. The molecule has 0 radical (unpaired) electrons. The Morgan fingerprint density at radius 1 is 1.27 bits per heavy atom. The predicted molar refractivity (Wildman–Crippen MR) is 62.5 cm³/mol. The molecule has 2 heteroatoms. The first-order valence-electron chi connectivity index (χ1n) is 5.60. The molecular weight excluding hydrogens is 186 g/mol. The zero-order valence-corrected chi connectivity index (χ0v) is 9.81. The fourth-order valence-corrected chi connectivity index (χ4v) is 2.30. The van der Waals surface area contributed by atoms with E-state index in [4.69, 9.17) is 4.74 Å². The average Bonchev–Trinajstić information content (AvgIpc) is 2.49. The summed E-state index contributed by atoms with van der Waals surface area (Å²) in [5.74, 6) is 1.07. The zero-order chi connectivity index (χ0) is 10.8. The van der Waals surface area contributed by atoms with Gasteiger partial charge in [-0.3, -0.25) is 0 Å². The molecule has 1 aliphatic heterocycles. The SMILES string of the molecule is COc1cc(C)c(C)c2c1CCCNC2. The van der Waals surface area contributed by atoms with Gasteiger partial charge in [-0.25, -0.2) is 0 Å². The van der Waals surface area contributed by atoms with Gasteiger partial charge in [0, 0.05) is 6.54 Å². The van der Waals surface area contributed by atoms with Crippen molar-refractivity contribution in [2.45, 2.75) is 33.2 Å². The van der Waals surface area contributed by atoms with Crippen LogP contribution in [-0.4, -0.2) is 13.7 Å². The lowest BCUT2D eigenvalue weighted by molar-refractivity contribution is 0.408. The lowest BCUT2D eigenvalue weighted by atomic mass is 9.95. The normalized spacial score (nSPS) is 15.7. The van der Waals surface area contributed by atoms with Crippen LogP contribution in [0.25, 0.3) is 0 Å². The van der Waals surface area contributed by atoms with Crippen LogP contribution in [0, 0.1) is 13.8 Å². The summed E-state index contributed by atoms with van der Waals surface area (Å²) in [6.07, 6.45) is 2.33. The molecule has 2 rings (SSSR count). The van der Waals surface area contributed by atoms with E-state index >= 15 is 0 Å². The zero-order valence-electron chi connectivity index (χ0n) is 9.81. The number of ether oxygens (including phenoxy) is 1. The van der Waals surface area contributed by atoms with Gasteiger partial charge in [-0.1, -0.05) is 0 Å². The summed E-state index contributed by atoms with van der Waals surface area (Å²) in [5.41, 5.74) is 5.60. The first-order chi connectivity index (χ1) is 7.24. The van der Waals surface area contributed by atoms with Crippen molar-refractivity contribution in [3.05, 3.63) is 28.3 Å². The van der Waals surface area contributed by atoms with Crippen LogP contribution >= 0.6 is 0 Å². The highest BCUT2D eigenvalue weighted by atomic mass is 16.5. The second-order valence-corrected chi connectivity index (χ2v) is 4.26. The minimum absolute atomic E-state index is 0.985. The van der Waals surface area contributed by atoms with Gasteiger partial charge >= 0.3 is 0 Å². The van der Waals surface area contributed by atoms with Gasteiger partial charge in [0.15, 0.2) is 0 Å². The van der Waals surface area contributed by atoms with Crippen molar-refractivity contribution < 1.29 is 4.74 Å². The Labute approximate surface area is 91.6 Å². The van der Waals surface area contributed by atoms with E-state index in [1.807, 2.05) is 0 Å². The Hall–Kier alpha value is -1.02. The Morgan fingerprint density at radius 2 is 2.07 bits per heavy atom. The first kappa shape index (κ1) is 10.5. The fourth-order valence-electron chi connectivity index (χ4n) is 2.30. The highest BCUT2D eigenvalue weighted by molar-refractivity contribution is 5.49. The topological polar surface area (TPSA) is 21.3 Å². The van der Waals surface area contributed by atoms with Gasteiger partial charge in [0.2, 0.25) is 0 Å². The summed E-state index contributed by atoms with van der Waals surface area (Å²) in [5, 5.41) is 3.47. The molecule has 2 nitrogen and oxygen atoms in total. The highest BCUT2D eigenvalue weighted by Gasteiger charge is 2.15. The molecule has 0 aromatic heterocycles. The van der Waals surface area contributed by atoms with Crippen LogP contribution in [0.15, 0.2) is 6.07 Å². The summed E-state index contributed by atoms with van der Waals surface area (Å²) in [4.78, 5) is 0. The van der Waals surface area contributed by atoms with Gasteiger partial charge in [-0.05, 0) is 61.6 Å². The molecule has 0 unspecified atom stereocenters. The summed E-state index contributed by atoms with van der Waals surface area (Å²) in [6, 6.07) is 2.17. The average molecular weight is 205 g/mol. The van der Waals surface area contributed by atoms with Crippen LogP contribution in [0.3, 0.4) is 0 Å². The van der Waals surface area contributed by atoms with Crippen LogP contribution < -0.4 is 10.1 Å². The molecule has 0 amide bonds.